The van der Waals surface area contributed by atoms with E-state index >= 15 is 0 Å². The van der Waals surface area contributed by atoms with Crippen molar-refractivity contribution in [1.29, 1.82) is 0 Å². The van der Waals surface area contributed by atoms with Gasteiger partial charge in [0.15, 0.2) is 0 Å². The zero-order valence-corrected chi connectivity index (χ0v) is 6.37. The van der Waals surface area contributed by atoms with Gasteiger partial charge in [-0.05, 0) is 12.8 Å². The highest BCUT2D eigenvalue weighted by molar-refractivity contribution is 5.82. The fourth-order valence-electron chi connectivity index (χ4n) is 1.21. The average Bonchev–Trinajstić information content (AvgIpc) is 1.83. The number of rotatable bonds is 2. The van der Waals surface area contributed by atoms with Crippen molar-refractivity contribution in [2.75, 3.05) is 7.11 Å². The molecular formula is C7H11NO3. The SMILES string of the molecule is COC(=O)[C@H]1C[C@H](C(N)=O)C1. The first-order chi connectivity index (χ1) is 5.15. The van der Waals surface area contributed by atoms with Crippen LogP contribution in [-0.4, -0.2) is 19.0 Å². The second kappa shape index (κ2) is 2.90. The van der Waals surface area contributed by atoms with E-state index in [1.54, 1.807) is 0 Å². The summed E-state index contributed by atoms with van der Waals surface area (Å²) in [6.07, 6.45) is 1.12. The lowest BCUT2D eigenvalue weighted by molar-refractivity contribution is -0.151. The molecule has 0 aromatic heterocycles. The maximum Gasteiger partial charge on any atom is 0.308 e. The van der Waals surface area contributed by atoms with E-state index in [-0.39, 0.29) is 23.7 Å². The van der Waals surface area contributed by atoms with Gasteiger partial charge in [-0.1, -0.05) is 0 Å². The average molecular weight is 157 g/mol. The van der Waals surface area contributed by atoms with E-state index in [4.69, 9.17) is 5.73 Å². The molecule has 0 aromatic rings. The van der Waals surface area contributed by atoms with Gasteiger partial charge in [0.05, 0.1) is 13.0 Å². The second-order valence-electron chi connectivity index (χ2n) is 2.79. The molecule has 0 unspecified atom stereocenters. The number of ether oxygens (including phenoxy) is 1. The quantitative estimate of drug-likeness (QED) is 0.558. The van der Waals surface area contributed by atoms with Crippen LogP contribution in [0.4, 0.5) is 0 Å². The van der Waals surface area contributed by atoms with Gasteiger partial charge in [0.1, 0.15) is 0 Å². The molecule has 0 bridgehead atoms. The fourth-order valence-corrected chi connectivity index (χ4v) is 1.21. The zero-order valence-electron chi connectivity index (χ0n) is 6.37. The van der Waals surface area contributed by atoms with Crippen molar-refractivity contribution in [3.8, 4) is 0 Å². The predicted octanol–water partition coefficient (Wildman–Crippen LogP) is -0.329. The summed E-state index contributed by atoms with van der Waals surface area (Å²) < 4.78 is 4.49. The number of carbonyl (C=O) groups is 2. The summed E-state index contributed by atoms with van der Waals surface area (Å²) in [4.78, 5) is 21.3. The number of carbonyl (C=O) groups excluding carboxylic acids is 2. The van der Waals surface area contributed by atoms with Gasteiger partial charge < -0.3 is 10.5 Å². The summed E-state index contributed by atoms with van der Waals surface area (Å²) in [6, 6.07) is 0. The minimum atomic E-state index is -0.315. The highest BCUT2D eigenvalue weighted by Gasteiger charge is 2.38. The van der Waals surface area contributed by atoms with Crippen molar-refractivity contribution in [2.45, 2.75) is 12.8 Å². The molecule has 0 heterocycles. The van der Waals surface area contributed by atoms with Crippen LogP contribution in [-0.2, 0) is 14.3 Å². The van der Waals surface area contributed by atoms with Crippen LogP contribution < -0.4 is 5.73 Å². The largest absolute Gasteiger partial charge is 0.469 e. The molecule has 1 saturated carbocycles. The molecule has 11 heavy (non-hydrogen) atoms. The Morgan fingerprint density at radius 3 is 2.27 bits per heavy atom. The van der Waals surface area contributed by atoms with E-state index in [1.807, 2.05) is 0 Å². The molecule has 1 aliphatic carbocycles. The van der Waals surface area contributed by atoms with Gasteiger partial charge in [0, 0.05) is 5.92 Å². The lowest BCUT2D eigenvalue weighted by Crippen LogP contribution is -2.39. The van der Waals surface area contributed by atoms with Crippen LogP contribution >= 0.6 is 0 Å². The number of esters is 1. The highest BCUT2D eigenvalue weighted by Crippen LogP contribution is 2.33. The Morgan fingerprint density at radius 2 is 1.91 bits per heavy atom. The van der Waals surface area contributed by atoms with Crippen LogP contribution in [0.5, 0.6) is 0 Å². The number of methoxy groups -OCH3 is 1. The Kier molecular flexibility index (Phi) is 2.12. The van der Waals surface area contributed by atoms with Gasteiger partial charge in [-0.15, -0.1) is 0 Å². The molecule has 1 rings (SSSR count). The molecule has 1 amide bonds. The van der Waals surface area contributed by atoms with Crippen LogP contribution in [0.2, 0.25) is 0 Å². The normalized spacial score (nSPS) is 28.8. The molecule has 1 aliphatic rings. The Labute approximate surface area is 64.7 Å². The molecule has 62 valence electrons. The number of primary amides is 1. The van der Waals surface area contributed by atoms with Crippen LogP contribution in [0.25, 0.3) is 0 Å². The summed E-state index contributed by atoms with van der Waals surface area (Å²) in [5.74, 6) is -0.760. The molecule has 0 radical (unpaired) electrons. The molecule has 0 atom stereocenters. The highest BCUT2D eigenvalue weighted by atomic mass is 16.5. The lowest BCUT2D eigenvalue weighted by Gasteiger charge is -2.30. The third-order valence-corrected chi connectivity index (χ3v) is 2.07. The van der Waals surface area contributed by atoms with Crippen molar-refractivity contribution in [2.24, 2.45) is 17.6 Å². The van der Waals surface area contributed by atoms with E-state index in [9.17, 15) is 9.59 Å². The maximum absolute atomic E-state index is 10.8. The summed E-state index contributed by atoms with van der Waals surface area (Å²) in [5.41, 5.74) is 5.01. The lowest BCUT2D eigenvalue weighted by atomic mass is 9.74. The van der Waals surface area contributed by atoms with E-state index < -0.39 is 0 Å². The summed E-state index contributed by atoms with van der Waals surface area (Å²) >= 11 is 0. The van der Waals surface area contributed by atoms with Gasteiger partial charge in [0.2, 0.25) is 5.91 Å². The van der Waals surface area contributed by atoms with Gasteiger partial charge in [-0.3, -0.25) is 9.59 Å². The number of nitrogens with two attached hydrogens (primary N) is 1. The van der Waals surface area contributed by atoms with Crippen molar-refractivity contribution in [3.05, 3.63) is 0 Å². The Bertz CT molecular complexity index is 184. The summed E-state index contributed by atoms with van der Waals surface area (Å²) in [6.45, 7) is 0. The number of hydrogen-bond acceptors (Lipinski definition) is 3. The molecular weight excluding hydrogens is 146 g/mol. The van der Waals surface area contributed by atoms with E-state index in [0.717, 1.165) is 0 Å². The van der Waals surface area contributed by atoms with E-state index in [1.165, 1.54) is 7.11 Å². The Morgan fingerprint density at radius 1 is 1.36 bits per heavy atom. The third-order valence-electron chi connectivity index (χ3n) is 2.07. The predicted molar refractivity (Wildman–Crippen MR) is 37.4 cm³/mol. The number of amides is 1. The van der Waals surface area contributed by atoms with Crippen LogP contribution in [0.15, 0.2) is 0 Å². The number of hydrogen-bond donors (Lipinski definition) is 1. The van der Waals surface area contributed by atoms with Crippen LogP contribution in [0, 0.1) is 11.8 Å². The third kappa shape index (κ3) is 1.50. The molecule has 0 aromatic carbocycles. The topological polar surface area (TPSA) is 69.4 Å². The van der Waals surface area contributed by atoms with Crippen molar-refractivity contribution >= 4 is 11.9 Å². The second-order valence-corrected chi connectivity index (χ2v) is 2.79. The van der Waals surface area contributed by atoms with E-state index in [0.29, 0.717) is 12.8 Å². The molecule has 2 N–H and O–H groups in total. The molecule has 4 heteroatoms. The van der Waals surface area contributed by atoms with Crippen LogP contribution in [0.1, 0.15) is 12.8 Å². The van der Waals surface area contributed by atoms with Crippen molar-refractivity contribution in [3.63, 3.8) is 0 Å². The van der Waals surface area contributed by atoms with Gasteiger partial charge in [-0.25, -0.2) is 0 Å². The minimum Gasteiger partial charge on any atom is -0.469 e. The summed E-state index contributed by atoms with van der Waals surface area (Å²) in [7, 11) is 1.35. The smallest absolute Gasteiger partial charge is 0.308 e. The van der Waals surface area contributed by atoms with Crippen molar-refractivity contribution < 1.29 is 14.3 Å². The van der Waals surface area contributed by atoms with E-state index in [2.05, 4.69) is 4.74 Å². The zero-order chi connectivity index (χ0) is 8.43. The van der Waals surface area contributed by atoms with Gasteiger partial charge in [-0.2, -0.15) is 0 Å². The monoisotopic (exact) mass is 157 g/mol. The van der Waals surface area contributed by atoms with Crippen LogP contribution in [0.3, 0.4) is 0 Å². The maximum atomic E-state index is 10.8. The molecule has 0 spiro atoms. The molecule has 0 aliphatic heterocycles. The fraction of sp³-hybridized carbons (Fsp3) is 0.714. The Balaban J connectivity index is 2.29. The van der Waals surface area contributed by atoms with Gasteiger partial charge in [0.25, 0.3) is 0 Å². The first-order valence-electron chi connectivity index (χ1n) is 3.52. The molecule has 1 fully saturated rings. The standard InChI is InChI=1S/C7H11NO3/c1-11-7(10)5-2-4(3-5)6(8)9/h4-5H,2-3H2,1H3,(H2,8,9)/t4-,5-. The molecule has 0 saturated heterocycles. The minimum absolute atomic E-state index is 0.0995. The first-order valence-corrected chi connectivity index (χ1v) is 3.52. The Hall–Kier alpha value is -1.06. The first kappa shape index (κ1) is 8.04. The van der Waals surface area contributed by atoms with Gasteiger partial charge >= 0.3 is 5.97 Å². The van der Waals surface area contributed by atoms with Crippen molar-refractivity contribution in [1.82, 2.24) is 0 Å². The molecule has 4 nitrogen and oxygen atoms in total. The summed E-state index contributed by atoms with van der Waals surface area (Å²) in [5, 5.41) is 0.